The van der Waals surface area contributed by atoms with E-state index in [9.17, 15) is 14.7 Å². The molecule has 23 heavy (non-hydrogen) atoms. The number of hydrogen-bond donors (Lipinski definition) is 2. The predicted molar refractivity (Wildman–Crippen MR) is 87.8 cm³/mol. The van der Waals surface area contributed by atoms with Gasteiger partial charge in [0.2, 0.25) is 0 Å². The van der Waals surface area contributed by atoms with E-state index in [-0.39, 0.29) is 24.3 Å². The maximum Gasteiger partial charge on any atom is 0.330 e. The fourth-order valence-corrected chi connectivity index (χ4v) is 3.77. The SMILES string of the molecule is CCO[C@H]1C[C@](NC(=O)c2cnc(C(C)C)s2)(C(=O)O)C1(C)C. The highest BCUT2D eigenvalue weighted by Crippen LogP contribution is 2.51. The Bertz CT molecular complexity index is 611. The molecule has 0 saturated heterocycles. The maximum absolute atomic E-state index is 12.5. The first-order valence-corrected chi connectivity index (χ1v) is 8.60. The van der Waals surface area contributed by atoms with Crippen molar-refractivity contribution in [1.82, 2.24) is 10.3 Å². The lowest BCUT2D eigenvalue weighted by molar-refractivity contribution is -0.190. The Kier molecular flexibility index (Phi) is 4.82. The number of thiazole rings is 1. The minimum Gasteiger partial charge on any atom is -0.479 e. The highest BCUT2D eigenvalue weighted by Gasteiger charge is 2.66. The van der Waals surface area contributed by atoms with Crippen LogP contribution in [0.5, 0.6) is 0 Å². The standard InChI is InChI=1S/C16H24N2O4S/c1-6-22-11-7-16(14(20)21,15(11,4)5)18-12(19)10-8-17-13(23-10)9(2)3/h8-9,11H,6-7H2,1-5H3,(H,18,19)(H,20,21)/t11-,16-/m0/s1. The van der Waals surface area contributed by atoms with Crippen molar-refractivity contribution in [3.63, 3.8) is 0 Å². The number of carboxylic acid groups (broad SMARTS) is 1. The number of aliphatic carboxylic acids is 1. The van der Waals surface area contributed by atoms with Gasteiger partial charge in [-0.3, -0.25) is 4.79 Å². The molecule has 0 aliphatic heterocycles. The highest BCUT2D eigenvalue weighted by atomic mass is 32.1. The maximum atomic E-state index is 12.5. The largest absolute Gasteiger partial charge is 0.479 e. The van der Waals surface area contributed by atoms with Gasteiger partial charge in [-0.25, -0.2) is 9.78 Å². The quantitative estimate of drug-likeness (QED) is 0.831. The summed E-state index contributed by atoms with van der Waals surface area (Å²) >= 11 is 1.30. The van der Waals surface area contributed by atoms with Crippen LogP contribution in [0.15, 0.2) is 6.20 Å². The molecule has 1 aliphatic rings. The third-order valence-electron chi connectivity index (χ3n) is 4.70. The molecule has 1 aromatic rings. The van der Waals surface area contributed by atoms with Gasteiger partial charge in [-0.2, -0.15) is 0 Å². The van der Waals surface area contributed by atoms with Crippen LogP contribution in [0.25, 0.3) is 0 Å². The molecule has 1 aliphatic carbocycles. The predicted octanol–water partition coefficient (Wildman–Crippen LogP) is 2.65. The minimum atomic E-state index is -1.31. The van der Waals surface area contributed by atoms with Crippen LogP contribution in [-0.4, -0.2) is 40.2 Å². The lowest BCUT2D eigenvalue weighted by atomic mass is 9.54. The van der Waals surface area contributed by atoms with Crippen LogP contribution < -0.4 is 5.32 Å². The summed E-state index contributed by atoms with van der Waals surface area (Å²) in [5.41, 5.74) is -2.00. The molecule has 0 bridgehead atoms. The van der Waals surface area contributed by atoms with E-state index in [1.807, 2.05) is 34.6 Å². The van der Waals surface area contributed by atoms with Crippen molar-refractivity contribution in [1.29, 1.82) is 0 Å². The Morgan fingerprint density at radius 3 is 2.61 bits per heavy atom. The molecule has 0 spiro atoms. The van der Waals surface area contributed by atoms with Gasteiger partial charge in [0.15, 0.2) is 0 Å². The van der Waals surface area contributed by atoms with Crippen LogP contribution in [-0.2, 0) is 9.53 Å². The summed E-state index contributed by atoms with van der Waals surface area (Å²) in [5.74, 6) is -1.18. The van der Waals surface area contributed by atoms with E-state index in [1.54, 1.807) is 0 Å². The van der Waals surface area contributed by atoms with Crippen molar-refractivity contribution >= 4 is 23.2 Å². The molecule has 128 valence electrons. The second-order valence-electron chi connectivity index (χ2n) is 6.75. The number of hydrogen-bond acceptors (Lipinski definition) is 5. The summed E-state index contributed by atoms with van der Waals surface area (Å²) in [4.78, 5) is 29.0. The first-order chi connectivity index (χ1) is 10.7. The summed E-state index contributed by atoms with van der Waals surface area (Å²) < 4.78 is 5.60. The molecule has 1 saturated carbocycles. The zero-order chi connectivity index (χ0) is 17.4. The number of aromatic nitrogens is 1. The van der Waals surface area contributed by atoms with Crippen LogP contribution in [0, 0.1) is 5.41 Å². The van der Waals surface area contributed by atoms with Gasteiger partial charge in [-0.1, -0.05) is 27.7 Å². The van der Waals surface area contributed by atoms with E-state index in [0.29, 0.717) is 11.5 Å². The molecule has 2 rings (SSSR count). The average molecular weight is 340 g/mol. The molecule has 1 fully saturated rings. The number of carbonyl (C=O) groups is 2. The highest BCUT2D eigenvalue weighted by molar-refractivity contribution is 7.13. The normalized spacial score (nSPS) is 25.9. The summed E-state index contributed by atoms with van der Waals surface area (Å²) in [6.45, 7) is 10.0. The van der Waals surface area contributed by atoms with Crippen LogP contribution in [0.4, 0.5) is 0 Å². The number of nitrogens with one attached hydrogen (secondary N) is 1. The number of amides is 1. The molecule has 1 aromatic heterocycles. The number of carbonyl (C=O) groups excluding carboxylic acids is 1. The molecule has 1 heterocycles. The number of carboxylic acids is 1. The van der Waals surface area contributed by atoms with Gasteiger partial charge in [0, 0.05) is 24.4 Å². The summed E-state index contributed by atoms with van der Waals surface area (Å²) in [5, 5.41) is 13.3. The van der Waals surface area contributed by atoms with Gasteiger partial charge < -0.3 is 15.2 Å². The van der Waals surface area contributed by atoms with E-state index in [4.69, 9.17) is 4.74 Å². The van der Waals surface area contributed by atoms with Crippen LogP contribution in [0.1, 0.15) is 61.6 Å². The molecule has 0 unspecified atom stereocenters. The number of ether oxygens (including phenoxy) is 1. The average Bonchev–Trinajstić information content (AvgIpc) is 2.95. The number of rotatable bonds is 6. The van der Waals surface area contributed by atoms with Gasteiger partial charge >= 0.3 is 5.97 Å². The first kappa shape index (κ1) is 17.9. The molecule has 1 amide bonds. The molecule has 6 nitrogen and oxygen atoms in total. The number of nitrogens with zero attached hydrogens (tertiary/aromatic N) is 1. The van der Waals surface area contributed by atoms with Gasteiger partial charge in [0.05, 0.1) is 17.3 Å². The molecule has 0 aromatic carbocycles. The Morgan fingerprint density at radius 2 is 2.17 bits per heavy atom. The van der Waals surface area contributed by atoms with E-state index in [0.717, 1.165) is 5.01 Å². The Balaban J connectivity index is 2.20. The van der Waals surface area contributed by atoms with E-state index < -0.39 is 16.9 Å². The minimum absolute atomic E-state index is 0.184. The molecule has 2 N–H and O–H groups in total. The fourth-order valence-electron chi connectivity index (χ4n) is 2.95. The lowest BCUT2D eigenvalue weighted by Crippen LogP contribution is -2.76. The topological polar surface area (TPSA) is 88.5 Å². The van der Waals surface area contributed by atoms with Gasteiger partial charge in [-0.05, 0) is 6.92 Å². The summed E-state index contributed by atoms with van der Waals surface area (Å²) in [6.07, 6.45) is 1.60. The van der Waals surface area contributed by atoms with Crippen LogP contribution in [0.2, 0.25) is 0 Å². The van der Waals surface area contributed by atoms with E-state index >= 15 is 0 Å². The molecular weight excluding hydrogens is 316 g/mol. The van der Waals surface area contributed by atoms with Crippen LogP contribution in [0.3, 0.4) is 0 Å². The molecule has 2 atom stereocenters. The van der Waals surface area contributed by atoms with Gasteiger partial charge in [0.25, 0.3) is 5.91 Å². The molecule has 7 heteroatoms. The van der Waals surface area contributed by atoms with Crippen molar-refractivity contribution in [2.24, 2.45) is 5.41 Å². The monoisotopic (exact) mass is 340 g/mol. The third-order valence-corrected chi connectivity index (χ3v) is 5.99. The van der Waals surface area contributed by atoms with Crippen molar-refractivity contribution in [3.05, 3.63) is 16.1 Å². The van der Waals surface area contributed by atoms with E-state index in [2.05, 4.69) is 10.3 Å². The van der Waals surface area contributed by atoms with Crippen molar-refractivity contribution in [2.75, 3.05) is 6.61 Å². The zero-order valence-corrected chi connectivity index (χ0v) is 15.0. The van der Waals surface area contributed by atoms with Crippen LogP contribution >= 0.6 is 11.3 Å². The third kappa shape index (κ3) is 2.87. The first-order valence-electron chi connectivity index (χ1n) is 7.79. The molecule has 0 radical (unpaired) electrons. The lowest BCUT2D eigenvalue weighted by Gasteiger charge is -2.58. The zero-order valence-electron chi connectivity index (χ0n) is 14.2. The Hall–Kier alpha value is -1.47. The molecular formula is C16H24N2O4S. The van der Waals surface area contributed by atoms with Gasteiger partial charge in [-0.15, -0.1) is 11.3 Å². The smallest absolute Gasteiger partial charge is 0.330 e. The van der Waals surface area contributed by atoms with E-state index in [1.165, 1.54) is 17.5 Å². The van der Waals surface area contributed by atoms with Gasteiger partial charge in [0.1, 0.15) is 10.4 Å². The van der Waals surface area contributed by atoms with Crippen molar-refractivity contribution < 1.29 is 19.4 Å². The fraction of sp³-hybridized carbons (Fsp3) is 0.688. The van der Waals surface area contributed by atoms with Crippen molar-refractivity contribution in [2.45, 2.75) is 58.6 Å². The Morgan fingerprint density at radius 1 is 1.52 bits per heavy atom. The Labute approximate surface area is 140 Å². The summed E-state index contributed by atoms with van der Waals surface area (Å²) in [7, 11) is 0. The second-order valence-corrected chi connectivity index (χ2v) is 7.81. The summed E-state index contributed by atoms with van der Waals surface area (Å²) in [6, 6.07) is 0. The second kappa shape index (κ2) is 6.20. The van der Waals surface area contributed by atoms with Crippen molar-refractivity contribution in [3.8, 4) is 0 Å².